The first-order chi connectivity index (χ1) is 22.5. The third kappa shape index (κ3) is 6.87. The molecule has 0 spiro atoms. The Balaban J connectivity index is 1.55. The first-order valence-corrected chi connectivity index (χ1v) is 18.6. The number of benzene rings is 3. The van der Waals surface area contributed by atoms with E-state index in [1.54, 1.807) is 26.0 Å². The molecular weight excluding hydrogens is 647 g/mol. The Morgan fingerprint density at radius 1 is 0.792 bits per heavy atom. The molecule has 0 bridgehead atoms. The average molecular weight is 697 g/mol. The van der Waals surface area contributed by atoms with Crippen LogP contribution in [0.15, 0.2) is 55.8 Å². The Labute approximate surface area is 289 Å². The zero-order valence-electron chi connectivity index (χ0n) is 30.2. The molecule has 2 fully saturated rings. The van der Waals surface area contributed by atoms with Crippen LogP contribution >= 0.6 is 20.0 Å². The van der Waals surface area contributed by atoms with Crippen LogP contribution in [0.4, 0.5) is 0 Å². The van der Waals surface area contributed by atoms with E-state index >= 15 is 0 Å². The molecule has 4 atom stereocenters. The van der Waals surface area contributed by atoms with Crippen molar-refractivity contribution in [3.05, 3.63) is 64.7 Å². The van der Waals surface area contributed by atoms with Gasteiger partial charge in [0.05, 0.1) is 14.2 Å². The summed E-state index contributed by atoms with van der Waals surface area (Å²) in [7, 11) is 1.37. The predicted molar refractivity (Wildman–Crippen MR) is 193 cm³/mol. The molecule has 0 unspecified atom stereocenters. The van der Waals surface area contributed by atoms with E-state index in [0.29, 0.717) is 16.9 Å². The van der Waals surface area contributed by atoms with Crippen LogP contribution in [-0.4, -0.2) is 50.4 Å². The summed E-state index contributed by atoms with van der Waals surface area (Å²) in [6.45, 7) is 21.0. The number of ether oxygens (including phenoxy) is 5. The topological polar surface area (TPSA) is 81.7 Å². The molecule has 6 rings (SSSR count). The van der Waals surface area contributed by atoms with Gasteiger partial charge in [-0.3, -0.25) is 4.52 Å². The first-order valence-electron chi connectivity index (χ1n) is 16.5. The smallest absolute Gasteiger partial charge is 0.387 e. The van der Waals surface area contributed by atoms with Crippen LogP contribution in [0.1, 0.15) is 77.6 Å². The van der Waals surface area contributed by atoms with Gasteiger partial charge in [0.1, 0.15) is 41.0 Å². The molecule has 0 amide bonds. The molecule has 3 heterocycles. The van der Waals surface area contributed by atoms with E-state index in [1.165, 1.54) is 16.0 Å². The first kappa shape index (κ1) is 35.2. The third-order valence-corrected chi connectivity index (χ3v) is 11.4. The lowest BCUT2D eigenvalue weighted by molar-refractivity contribution is -0.209. The lowest BCUT2D eigenvalue weighted by atomic mass is 9.84. The van der Waals surface area contributed by atoms with E-state index in [2.05, 4.69) is 73.6 Å². The molecule has 0 N–H and O–H groups in total. The highest BCUT2D eigenvalue weighted by Gasteiger charge is 2.56. The summed E-state index contributed by atoms with van der Waals surface area (Å²) >= 11 is 1.76. The van der Waals surface area contributed by atoms with Gasteiger partial charge in [-0.2, -0.15) is 0 Å². The van der Waals surface area contributed by atoms with Gasteiger partial charge in [-0.1, -0.05) is 59.7 Å². The maximum Gasteiger partial charge on any atom is 0.387 e. The van der Waals surface area contributed by atoms with Gasteiger partial charge in [0.15, 0.2) is 12.1 Å². The van der Waals surface area contributed by atoms with E-state index in [4.69, 9.17) is 36.6 Å². The van der Waals surface area contributed by atoms with Crippen molar-refractivity contribution >= 4 is 41.9 Å². The van der Waals surface area contributed by atoms with Gasteiger partial charge in [-0.25, -0.2) is 0 Å². The number of hydrogen-bond acceptors (Lipinski definition) is 9. The molecule has 2 aliphatic heterocycles. The summed E-state index contributed by atoms with van der Waals surface area (Å²) in [6, 6.07) is 14.4. The number of aryl methyl sites for hydroxylation is 2. The Kier molecular flexibility index (Phi) is 9.46. The summed E-state index contributed by atoms with van der Waals surface area (Å²) in [6.07, 6.45) is -1.89. The minimum absolute atomic E-state index is 0.283. The molecule has 3 aromatic carbocycles. The lowest BCUT2D eigenvalue weighted by Crippen LogP contribution is -2.39. The molecule has 260 valence electrons. The third-order valence-electron chi connectivity index (χ3n) is 8.93. The quantitative estimate of drug-likeness (QED) is 0.175. The second-order valence-electron chi connectivity index (χ2n) is 15.3. The van der Waals surface area contributed by atoms with Crippen molar-refractivity contribution in [3.63, 3.8) is 0 Å². The van der Waals surface area contributed by atoms with Crippen molar-refractivity contribution in [2.75, 3.05) is 20.0 Å². The highest BCUT2D eigenvalue weighted by Crippen LogP contribution is 2.47. The van der Waals surface area contributed by atoms with Crippen LogP contribution in [0.3, 0.4) is 0 Å². The van der Waals surface area contributed by atoms with Gasteiger partial charge in [-0.05, 0) is 73.9 Å². The maximum atomic E-state index is 6.98. The van der Waals surface area contributed by atoms with Crippen molar-refractivity contribution in [2.24, 2.45) is 0 Å². The molecule has 0 radical (unpaired) electrons. The van der Waals surface area contributed by atoms with Gasteiger partial charge in [0.25, 0.3) is 0 Å². The number of fused-ring (bicyclic) bond motifs is 4. The largest absolute Gasteiger partial charge is 0.497 e. The van der Waals surface area contributed by atoms with Crippen LogP contribution in [0, 0.1) is 13.8 Å². The standard InChI is InChI=1S/C38H49O8PS/c1-21-14-13-15-22(2)34(21)48-20-29-32(33-35(41-29)43-38(9,10)42-33)46-47-44-30-25(16-23(39-11)18-27(30)36(3,4)5)26-17-24(40-12)19-28(31(26)45-47)37(6,7)8/h13-19,29,32-33,35H,20H2,1-12H3/t29-,32-,33-,35-/m1/s1. The maximum absolute atomic E-state index is 6.98. The highest BCUT2D eigenvalue weighted by atomic mass is 32.2. The molecule has 8 nitrogen and oxygen atoms in total. The van der Waals surface area contributed by atoms with Gasteiger partial charge in [0, 0.05) is 32.5 Å². The van der Waals surface area contributed by atoms with Gasteiger partial charge in [0.2, 0.25) is 0 Å². The fourth-order valence-corrected chi connectivity index (χ4v) is 8.92. The zero-order valence-corrected chi connectivity index (χ0v) is 31.9. The van der Waals surface area contributed by atoms with Crippen LogP contribution < -0.4 is 14.0 Å². The molecule has 4 aromatic rings. The molecule has 2 aliphatic rings. The molecule has 0 aliphatic carbocycles. The van der Waals surface area contributed by atoms with Crippen molar-refractivity contribution in [1.29, 1.82) is 0 Å². The predicted octanol–water partition coefficient (Wildman–Crippen LogP) is 9.98. The molecule has 48 heavy (non-hydrogen) atoms. The van der Waals surface area contributed by atoms with Crippen molar-refractivity contribution < 1.29 is 36.6 Å². The van der Waals surface area contributed by atoms with Crippen LogP contribution in [0.25, 0.3) is 21.9 Å². The number of methoxy groups -OCH3 is 2. The van der Waals surface area contributed by atoms with Crippen molar-refractivity contribution in [3.8, 4) is 11.5 Å². The van der Waals surface area contributed by atoms with E-state index in [9.17, 15) is 0 Å². The normalized spacial score (nSPS) is 22.3. The molecular formula is C38H49O8PS. The van der Waals surface area contributed by atoms with E-state index in [0.717, 1.165) is 33.4 Å². The minimum Gasteiger partial charge on any atom is -0.497 e. The van der Waals surface area contributed by atoms with E-state index in [1.807, 2.05) is 38.1 Å². The monoisotopic (exact) mass is 696 g/mol. The second kappa shape index (κ2) is 12.9. The number of hydrogen-bond donors (Lipinski definition) is 0. The van der Waals surface area contributed by atoms with E-state index in [-0.39, 0.29) is 16.9 Å². The second-order valence-corrected chi connectivity index (χ2v) is 17.3. The van der Waals surface area contributed by atoms with Gasteiger partial charge < -0.3 is 32.1 Å². The van der Waals surface area contributed by atoms with Gasteiger partial charge >= 0.3 is 8.24 Å². The van der Waals surface area contributed by atoms with Crippen molar-refractivity contribution in [1.82, 2.24) is 0 Å². The molecule has 0 saturated carbocycles. The lowest BCUT2D eigenvalue weighted by Gasteiger charge is -2.25. The zero-order chi connectivity index (χ0) is 34.8. The Morgan fingerprint density at radius 2 is 1.31 bits per heavy atom. The average Bonchev–Trinajstić information content (AvgIpc) is 3.40. The Bertz CT molecular complexity index is 1760. The van der Waals surface area contributed by atoms with Gasteiger partial charge in [-0.15, -0.1) is 11.8 Å². The Morgan fingerprint density at radius 3 is 1.79 bits per heavy atom. The molecule has 1 aromatic heterocycles. The fourth-order valence-electron chi connectivity index (χ4n) is 6.46. The van der Waals surface area contributed by atoms with Crippen LogP contribution in [0.5, 0.6) is 11.5 Å². The summed E-state index contributed by atoms with van der Waals surface area (Å²) in [4.78, 5) is 1.24. The summed E-state index contributed by atoms with van der Waals surface area (Å²) in [5.41, 5.74) is 5.25. The fraction of sp³-hybridized carbons (Fsp3) is 0.526. The number of thioether (sulfide) groups is 1. The number of rotatable bonds is 7. The van der Waals surface area contributed by atoms with Crippen molar-refractivity contribution in [2.45, 2.75) is 115 Å². The minimum atomic E-state index is -2.00. The highest BCUT2D eigenvalue weighted by molar-refractivity contribution is 7.99. The van der Waals surface area contributed by atoms with E-state index < -0.39 is 32.5 Å². The SMILES string of the molecule is COc1cc(C(C)(C)C)c2op(O[C@H]3[C@H]4OC(C)(C)O[C@H]4O[C@@H]3CSc3c(C)cccc3C)oc3c(C(C)(C)C)cc(OC)cc3c2c1. The van der Waals surface area contributed by atoms with Crippen LogP contribution in [0.2, 0.25) is 0 Å². The Hall–Kier alpha value is -2.65. The van der Waals surface area contributed by atoms with Crippen LogP contribution in [-0.2, 0) is 25.0 Å². The molecule has 2 saturated heterocycles. The summed E-state index contributed by atoms with van der Waals surface area (Å²) in [5.74, 6) is 1.29. The molecule has 10 heteroatoms. The summed E-state index contributed by atoms with van der Waals surface area (Å²) < 4.78 is 51.6. The summed E-state index contributed by atoms with van der Waals surface area (Å²) in [5, 5.41) is 1.72.